The van der Waals surface area contributed by atoms with Crippen LogP contribution in [0, 0.1) is 6.92 Å². The standard InChI is InChI=1S/C18H19N3OS/c1-12-3-4-13-10-14-11-16(23-17(14)19-15(13)9-12)18(22)21-7-5-20(2)6-8-21/h3-4,9-11H,5-8H2,1-2H3. The van der Waals surface area contributed by atoms with Crippen molar-refractivity contribution in [3.05, 3.63) is 40.8 Å². The molecule has 118 valence electrons. The molecule has 1 aliphatic heterocycles. The number of hydrogen-bond acceptors (Lipinski definition) is 4. The van der Waals surface area contributed by atoms with Crippen LogP contribution in [-0.4, -0.2) is 53.9 Å². The third kappa shape index (κ3) is 2.71. The van der Waals surface area contributed by atoms with Crippen LogP contribution >= 0.6 is 11.3 Å². The van der Waals surface area contributed by atoms with E-state index in [1.165, 1.54) is 16.9 Å². The first-order valence-electron chi connectivity index (χ1n) is 7.89. The SMILES string of the molecule is Cc1ccc2cc3cc(C(=O)N4CCN(C)CC4)sc3nc2c1. The van der Waals surface area contributed by atoms with Crippen molar-refractivity contribution in [3.8, 4) is 0 Å². The molecule has 0 unspecified atom stereocenters. The van der Waals surface area contributed by atoms with E-state index in [4.69, 9.17) is 4.98 Å². The number of piperazine rings is 1. The van der Waals surface area contributed by atoms with E-state index in [2.05, 4.69) is 43.1 Å². The zero-order chi connectivity index (χ0) is 16.0. The van der Waals surface area contributed by atoms with Gasteiger partial charge in [-0.2, -0.15) is 0 Å². The van der Waals surface area contributed by atoms with Crippen molar-refractivity contribution in [3.63, 3.8) is 0 Å². The zero-order valence-electron chi connectivity index (χ0n) is 13.4. The van der Waals surface area contributed by atoms with Gasteiger partial charge in [0, 0.05) is 37.0 Å². The first-order valence-corrected chi connectivity index (χ1v) is 8.70. The summed E-state index contributed by atoms with van der Waals surface area (Å²) in [5.74, 6) is 0.140. The molecule has 3 aromatic rings. The van der Waals surface area contributed by atoms with E-state index in [1.807, 2.05) is 11.0 Å². The molecular formula is C18H19N3OS. The van der Waals surface area contributed by atoms with Gasteiger partial charge in [0.1, 0.15) is 4.83 Å². The van der Waals surface area contributed by atoms with Crippen molar-refractivity contribution < 1.29 is 4.79 Å². The maximum Gasteiger partial charge on any atom is 0.264 e. The van der Waals surface area contributed by atoms with Gasteiger partial charge in [0.2, 0.25) is 0 Å². The average molecular weight is 325 g/mol. The van der Waals surface area contributed by atoms with Crippen molar-refractivity contribution in [2.24, 2.45) is 0 Å². The number of nitrogens with zero attached hydrogens (tertiary/aromatic N) is 3. The molecule has 0 spiro atoms. The van der Waals surface area contributed by atoms with Gasteiger partial charge < -0.3 is 9.80 Å². The first kappa shape index (κ1) is 14.6. The van der Waals surface area contributed by atoms with Crippen LogP contribution in [0.3, 0.4) is 0 Å². The number of carbonyl (C=O) groups excluding carboxylic acids is 1. The summed E-state index contributed by atoms with van der Waals surface area (Å²) in [5.41, 5.74) is 2.20. The minimum Gasteiger partial charge on any atom is -0.335 e. The van der Waals surface area contributed by atoms with Crippen molar-refractivity contribution in [1.82, 2.24) is 14.8 Å². The molecule has 3 heterocycles. The fraction of sp³-hybridized carbons (Fsp3) is 0.333. The van der Waals surface area contributed by atoms with Crippen LogP contribution in [0.4, 0.5) is 0 Å². The Hall–Kier alpha value is -1.98. The van der Waals surface area contributed by atoms with Gasteiger partial charge in [-0.3, -0.25) is 4.79 Å². The minimum absolute atomic E-state index is 0.140. The molecule has 1 aliphatic rings. The molecule has 5 heteroatoms. The second kappa shape index (κ2) is 5.58. The Bertz CT molecular complexity index is 894. The van der Waals surface area contributed by atoms with Crippen molar-refractivity contribution in [2.45, 2.75) is 6.92 Å². The highest BCUT2D eigenvalue weighted by Gasteiger charge is 2.22. The number of likely N-dealkylation sites (N-methyl/N-ethyl adjacent to an activating group) is 1. The lowest BCUT2D eigenvalue weighted by Gasteiger charge is -2.32. The van der Waals surface area contributed by atoms with Crippen molar-refractivity contribution in [2.75, 3.05) is 33.2 Å². The van der Waals surface area contributed by atoms with Crippen LogP contribution in [0.2, 0.25) is 0 Å². The number of amides is 1. The van der Waals surface area contributed by atoms with Gasteiger partial charge in [-0.05, 0) is 37.7 Å². The predicted molar refractivity (Wildman–Crippen MR) is 95.3 cm³/mol. The average Bonchev–Trinajstić information content (AvgIpc) is 2.95. The van der Waals surface area contributed by atoms with Gasteiger partial charge >= 0.3 is 0 Å². The molecule has 0 aliphatic carbocycles. The van der Waals surface area contributed by atoms with Gasteiger partial charge in [-0.15, -0.1) is 11.3 Å². The maximum atomic E-state index is 12.7. The van der Waals surface area contributed by atoms with Crippen LogP contribution < -0.4 is 0 Å². The number of thiophene rings is 1. The maximum absolute atomic E-state index is 12.7. The third-order valence-corrected chi connectivity index (χ3v) is 5.49. The molecule has 0 atom stereocenters. The lowest BCUT2D eigenvalue weighted by Crippen LogP contribution is -2.46. The Morgan fingerprint density at radius 1 is 1.09 bits per heavy atom. The Labute approximate surface area is 139 Å². The second-order valence-corrected chi connectivity index (χ2v) is 7.32. The van der Waals surface area contributed by atoms with Crippen LogP contribution in [-0.2, 0) is 0 Å². The highest BCUT2D eigenvalue weighted by molar-refractivity contribution is 7.20. The fourth-order valence-electron chi connectivity index (χ4n) is 3.01. The number of hydrogen-bond donors (Lipinski definition) is 0. The van der Waals surface area contributed by atoms with E-state index in [9.17, 15) is 4.79 Å². The summed E-state index contributed by atoms with van der Waals surface area (Å²) in [4.78, 5) is 23.4. The van der Waals surface area contributed by atoms with E-state index < -0.39 is 0 Å². The van der Waals surface area contributed by atoms with Crippen LogP contribution in [0.1, 0.15) is 15.2 Å². The Morgan fingerprint density at radius 2 is 1.87 bits per heavy atom. The van der Waals surface area contributed by atoms with Gasteiger partial charge in [-0.25, -0.2) is 4.98 Å². The highest BCUT2D eigenvalue weighted by Crippen LogP contribution is 2.28. The van der Waals surface area contributed by atoms with Gasteiger partial charge in [-0.1, -0.05) is 12.1 Å². The van der Waals surface area contributed by atoms with Crippen LogP contribution in [0.25, 0.3) is 21.1 Å². The van der Waals surface area contributed by atoms with E-state index in [0.717, 1.165) is 52.2 Å². The van der Waals surface area contributed by atoms with E-state index >= 15 is 0 Å². The summed E-state index contributed by atoms with van der Waals surface area (Å²) in [7, 11) is 2.10. The smallest absolute Gasteiger partial charge is 0.264 e. The van der Waals surface area contributed by atoms with E-state index in [0.29, 0.717) is 0 Å². The molecule has 0 radical (unpaired) electrons. The molecule has 4 nitrogen and oxygen atoms in total. The number of carbonyl (C=O) groups is 1. The molecule has 1 amide bonds. The molecule has 1 saturated heterocycles. The highest BCUT2D eigenvalue weighted by atomic mass is 32.1. The fourth-order valence-corrected chi connectivity index (χ4v) is 4.00. The predicted octanol–water partition coefficient (Wildman–Crippen LogP) is 3.15. The molecule has 1 aromatic carbocycles. The van der Waals surface area contributed by atoms with Gasteiger partial charge in [0.25, 0.3) is 5.91 Å². The number of aromatic nitrogens is 1. The van der Waals surface area contributed by atoms with E-state index in [1.54, 1.807) is 0 Å². The summed E-state index contributed by atoms with van der Waals surface area (Å²) >= 11 is 1.50. The number of rotatable bonds is 1. The van der Waals surface area contributed by atoms with Gasteiger partial charge in [0.05, 0.1) is 10.4 Å². The molecule has 1 fully saturated rings. The summed E-state index contributed by atoms with van der Waals surface area (Å²) in [6.07, 6.45) is 0. The first-order chi connectivity index (χ1) is 11.1. The van der Waals surface area contributed by atoms with Crippen molar-refractivity contribution >= 4 is 38.4 Å². The Kier molecular flexibility index (Phi) is 3.54. The third-order valence-electron chi connectivity index (χ3n) is 4.46. The Balaban J connectivity index is 1.70. The summed E-state index contributed by atoms with van der Waals surface area (Å²) in [5, 5.41) is 2.18. The lowest BCUT2D eigenvalue weighted by atomic mass is 10.1. The monoisotopic (exact) mass is 325 g/mol. The molecule has 0 bridgehead atoms. The van der Waals surface area contributed by atoms with Crippen LogP contribution in [0.15, 0.2) is 30.3 Å². The number of pyridine rings is 1. The second-order valence-electron chi connectivity index (χ2n) is 6.29. The number of benzene rings is 1. The largest absolute Gasteiger partial charge is 0.335 e. The van der Waals surface area contributed by atoms with Crippen LogP contribution in [0.5, 0.6) is 0 Å². The summed E-state index contributed by atoms with van der Waals surface area (Å²) < 4.78 is 0. The van der Waals surface area contributed by atoms with E-state index in [-0.39, 0.29) is 5.91 Å². The molecule has 0 saturated carbocycles. The Morgan fingerprint density at radius 3 is 2.65 bits per heavy atom. The molecular weight excluding hydrogens is 306 g/mol. The zero-order valence-corrected chi connectivity index (χ0v) is 14.2. The minimum atomic E-state index is 0.140. The molecule has 2 aromatic heterocycles. The summed E-state index contributed by atoms with van der Waals surface area (Å²) in [6, 6.07) is 10.4. The lowest BCUT2D eigenvalue weighted by molar-refractivity contribution is 0.0669. The molecule has 4 rings (SSSR count). The normalized spacial score (nSPS) is 16.3. The molecule has 23 heavy (non-hydrogen) atoms. The van der Waals surface area contributed by atoms with Gasteiger partial charge in [0.15, 0.2) is 0 Å². The molecule has 0 N–H and O–H groups in total. The quantitative estimate of drug-likeness (QED) is 0.690. The summed E-state index contributed by atoms with van der Waals surface area (Å²) in [6.45, 7) is 5.56. The van der Waals surface area contributed by atoms with Crippen molar-refractivity contribution in [1.29, 1.82) is 0 Å². The number of fused-ring (bicyclic) bond motifs is 2. The topological polar surface area (TPSA) is 36.4 Å². The number of aryl methyl sites for hydroxylation is 1.